The molecule has 3 saturated heterocycles. The first-order valence-electron chi connectivity index (χ1n) is 12.5. The highest BCUT2D eigenvalue weighted by atomic mass is 16.2. The standard InChI is InChI=1S/C26H31N7O2/c27-22-6-4-18(16-28-22)31-12-8-26(9-13-31)10-14-32(15-11-26)24-3-1-2-21-20(17-29-33(21)24)19-5-7-23(34)30-25(19)35/h1-4,6,16-17,19H,5,7-15H2,(H2,27,28)(H,30,34,35). The lowest BCUT2D eigenvalue weighted by Crippen LogP contribution is -2.47. The number of imide groups is 1. The largest absolute Gasteiger partial charge is 0.384 e. The Balaban J connectivity index is 1.14. The topological polar surface area (TPSA) is 109 Å². The molecule has 3 aromatic heterocycles. The van der Waals surface area contributed by atoms with Gasteiger partial charge in [0.25, 0.3) is 0 Å². The summed E-state index contributed by atoms with van der Waals surface area (Å²) in [5, 5.41) is 7.14. The Labute approximate surface area is 204 Å². The van der Waals surface area contributed by atoms with Crippen molar-refractivity contribution < 1.29 is 9.59 Å². The molecule has 1 unspecified atom stereocenters. The molecule has 0 aliphatic carbocycles. The zero-order chi connectivity index (χ0) is 24.0. The van der Waals surface area contributed by atoms with Crippen LogP contribution in [0.3, 0.4) is 0 Å². The van der Waals surface area contributed by atoms with Gasteiger partial charge in [-0.3, -0.25) is 14.9 Å². The van der Waals surface area contributed by atoms with Crippen molar-refractivity contribution in [2.75, 3.05) is 41.7 Å². The van der Waals surface area contributed by atoms with E-state index in [-0.39, 0.29) is 17.7 Å². The number of anilines is 3. The highest BCUT2D eigenvalue weighted by Crippen LogP contribution is 2.43. The monoisotopic (exact) mass is 473 g/mol. The summed E-state index contributed by atoms with van der Waals surface area (Å²) in [6, 6.07) is 10.1. The molecule has 3 aromatic rings. The van der Waals surface area contributed by atoms with Crippen molar-refractivity contribution in [3.05, 3.63) is 48.3 Å². The molecular weight excluding hydrogens is 442 g/mol. The number of nitrogen functional groups attached to an aromatic ring is 1. The fourth-order valence-electron chi connectivity index (χ4n) is 6.05. The fraction of sp³-hybridized carbons (Fsp3) is 0.462. The summed E-state index contributed by atoms with van der Waals surface area (Å²) in [5.74, 6) is 0.892. The maximum atomic E-state index is 12.4. The number of rotatable bonds is 3. The van der Waals surface area contributed by atoms with E-state index >= 15 is 0 Å². The van der Waals surface area contributed by atoms with E-state index in [4.69, 9.17) is 5.73 Å². The van der Waals surface area contributed by atoms with E-state index in [1.165, 1.54) is 25.7 Å². The fourth-order valence-corrected chi connectivity index (χ4v) is 6.05. The minimum absolute atomic E-state index is 0.193. The van der Waals surface area contributed by atoms with Crippen molar-refractivity contribution in [3.63, 3.8) is 0 Å². The number of nitrogens with zero attached hydrogens (tertiary/aromatic N) is 5. The van der Waals surface area contributed by atoms with Crippen molar-refractivity contribution in [3.8, 4) is 0 Å². The van der Waals surface area contributed by atoms with Crippen LogP contribution in [0.15, 0.2) is 42.7 Å². The first-order valence-corrected chi connectivity index (χ1v) is 12.5. The van der Waals surface area contributed by atoms with Crippen molar-refractivity contribution in [2.45, 2.75) is 44.4 Å². The number of carbonyl (C=O) groups is 2. The first kappa shape index (κ1) is 21.9. The molecular formula is C26H31N7O2. The number of amides is 2. The third kappa shape index (κ3) is 3.98. The highest BCUT2D eigenvalue weighted by Gasteiger charge is 2.38. The molecule has 2 amide bonds. The predicted octanol–water partition coefficient (Wildman–Crippen LogP) is 2.72. The van der Waals surface area contributed by atoms with Crippen LogP contribution >= 0.6 is 0 Å². The number of hydrogen-bond donors (Lipinski definition) is 2. The maximum absolute atomic E-state index is 12.4. The molecule has 0 saturated carbocycles. The molecule has 182 valence electrons. The molecule has 0 aromatic carbocycles. The van der Waals surface area contributed by atoms with E-state index < -0.39 is 0 Å². The number of aromatic nitrogens is 3. The van der Waals surface area contributed by atoms with Gasteiger partial charge in [-0.25, -0.2) is 9.50 Å². The van der Waals surface area contributed by atoms with E-state index in [0.717, 1.165) is 48.8 Å². The number of pyridine rings is 2. The van der Waals surface area contributed by atoms with Gasteiger partial charge in [0.15, 0.2) is 0 Å². The van der Waals surface area contributed by atoms with Crippen molar-refractivity contribution >= 4 is 34.7 Å². The first-order chi connectivity index (χ1) is 17.0. The summed E-state index contributed by atoms with van der Waals surface area (Å²) in [5.41, 5.74) is 9.14. The maximum Gasteiger partial charge on any atom is 0.234 e. The third-order valence-electron chi connectivity index (χ3n) is 8.28. The van der Waals surface area contributed by atoms with Gasteiger partial charge in [0.1, 0.15) is 11.6 Å². The molecule has 6 rings (SSSR count). The number of nitrogens with one attached hydrogen (secondary N) is 1. The Morgan fingerprint density at radius 2 is 1.69 bits per heavy atom. The van der Waals surface area contributed by atoms with Gasteiger partial charge >= 0.3 is 0 Å². The summed E-state index contributed by atoms with van der Waals surface area (Å²) >= 11 is 0. The van der Waals surface area contributed by atoms with Crippen LogP contribution in [0.4, 0.5) is 17.3 Å². The van der Waals surface area contributed by atoms with Crippen LogP contribution in [-0.2, 0) is 9.59 Å². The summed E-state index contributed by atoms with van der Waals surface area (Å²) < 4.78 is 1.97. The molecule has 0 bridgehead atoms. The smallest absolute Gasteiger partial charge is 0.234 e. The number of fused-ring (bicyclic) bond motifs is 1. The van der Waals surface area contributed by atoms with Crippen LogP contribution in [-0.4, -0.2) is 52.6 Å². The Morgan fingerprint density at radius 1 is 0.943 bits per heavy atom. The van der Waals surface area contributed by atoms with Gasteiger partial charge in [0.05, 0.1) is 29.5 Å². The van der Waals surface area contributed by atoms with Gasteiger partial charge < -0.3 is 15.5 Å². The molecule has 3 aliphatic rings. The average molecular weight is 474 g/mol. The van der Waals surface area contributed by atoms with Crippen molar-refractivity contribution in [2.24, 2.45) is 5.41 Å². The predicted molar refractivity (Wildman–Crippen MR) is 134 cm³/mol. The van der Waals surface area contributed by atoms with Crippen LogP contribution in [0, 0.1) is 5.41 Å². The van der Waals surface area contributed by atoms with Crippen molar-refractivity contribution in [1.29, 1.82) is 0 Å². The molecule has 9 nitrogen and oxygen atoms in total. The third-order valence-corrected chi connectivity index (χ3v) is 8.28. The van der Waals surface area contributed by atoms with Gasteiger partial charge in [-0.1, -0.05) is 6.07 Å². The second-order valence-electron chi connectivity index (χ2n) is 10.2. The quantitative estimate of drug-likeness (QED) is 0.563. The van der Waals surface area contributed by atoms with Crippen LogP contribution in [0.1, 0.15) is 50.0 Å². The second-order valence-corrected chi connectivity index (χ2v) is 10.2. The van der Waals surface area contributed by atoms with Gasteiger partial charge in [-0.05, 0) is 61.8 Å². The summed E-state index contributed by atoms with van der Waals surface area (Å²) in [7, 11) is 0. The highest BCUT2D eigenvalue weighted by molar-refractivity contribution is 6.01. The van der Waals surface area contributed by atoms with Crippen LogP contribution in [0.25, 0.3) is 5.52 Å². The summed E-state index contributed by atoms with van der Waals surface area (Å²) in [4.78, 5) is 33.1. The molecule has 1 spiro atoms. The van der Waals surface area contributed by atoms with Gasteiger partial charge in [-0.2, -0.15) is 5.10 Å². The van der Waals surface area contributed by atoms with E-state index in [2.05, 4.69) is 37.3 Å². The van der Waals surface area contributed by atoms with Gasteiger partial charge in [0, 0.05) is 38.2 Å². The number of carbonyl (C=O) groups excluding carboxylic acids is 2. The van der Waals surface area contributed by atoms with E-state index in [1.54, 1.807) is 6.20 Å². The summed E-state index contributed by atoms with van der Waals surface area (Å²) in [6.07, 6.45) is 9.29. The Kier molecular flexibility index (Phi) is 5.35. The molecule has 3 aliphatic heterocycles. The second kappa shape index (κ2) is 8.55. The molecule has 35 heavy (non-hydrogen) atoms. The molecule has 3 fully saturated rings. The Bertz CT molecular complexity index is 1250. The van der Waals surface area contributed by atoms with Gasteiger partial charge in [-0.15, -0.1) is 0 Å². The Morgan fingerprint density at radius 3 is 2.37 bits per heavy atom. The lowest BCUT2D eigenvalue weighted by molar-refractivity contribution is -0.134. The molecule has 1 atom stereocenters. The molecule has 0 radical (unpaired) electrons. The zero-order valence-electron chi connectivity index (χ0n) is 19.8. The van der Waals surface area contributed by atoms with Crippen molar-refractivity contribution in [1.82, 2.24) is 19.9 Å². The number of piperidine rings is 3. The minimum Gasteiger partial charge on any atom is -0.384 e. The van der Waals surface area contributed by atoms with Crippen LogP contribution < -0.4 is 20.9 Å². The van der Waals surface area contributed by atoms with Crippen LogP contribution in [0.5, 0.6) is 0 Å². The van der Waals surface area contributed by atoms with Crippen LogP contribution in [0.2, 0.25) is 0 Å². The summed E-state index contributed by atoms with van der Waals surface area (Å²) in [6.45, 7) is 4.09. The number of hydrogen-bond acceptors (Lipinski definition) is 7. The SMILES string of the molecule is Nc1ccc(N2CCC3(CC2)CCN(c2cccc4c(C5CCC(=O)NC5=O)cnn24)CC3)cn1. The molecule has 9 heteroatoms. The lowest BCUT2D eigenvalue weighted by Gasteiger charge is -2.47. The zero-order valence-corrected chi connectivity index (χ0v) is 19.8. The van der Waals surface area contributed by atoms with E-state index in [1.807, 2.05) is 28.9 Å². The molecule has 6 heterocycles. The Hall–Kier alpha value is -3.62. The normalized spacial score (nSPS) is 22.6. The van der Waals surface area contributed by atoms with E-state index in [9.17, 15) is 9.59 Å². The minimum atomic E-state index is -0.327. The number of nitrogens with two attached hydrogens (primary N) is 1. The van der Waals surface area contributed by atoms with Gasteiger partial charge in [0.2, 0.25) is 11.8 Å². The van der Waals surface area contributed by atoms with E-state index in [0.29, 0.717) is 24.1 Å². The average Bonchev–Trinajstić information content (AvgIpc) is 3.30. The lowest BCUT2D eigenvalue weighted by atomic mass is 9.71. The molecule has 3 N–H and O–H groups in total.